The molecule has 134 valence electrons. The fourth-order valence-electron chi connectivity index (χ4n) is 3.12. The van der Waals surface area contributed by atoms with E-state index in [1.54, 1.807) is 42.7 Å². The van der Waals surface area contributed by atoms with Crippen LogP contribution in [0.15, 0.2) is 42.5 Å². The zero-order valence-electron chi connectivity index (χ0n) is 14.3. The molecule has 1 aliphatic heterocycles. The first-order chi connectivity index (χ1) is 12.7. The van der Waals surface area contributed by atoms with E-state index in [1.807, 2.05) is 17.0 Å². The van der Waals surface area contributed by atoms with E-state index in [9.17, 15) is 4.79 Å². The maximum atomic E-state index is 12.6. The number of anilines is 1. The van der Waals surface area contributed by atoms with E-state index in [-0.39, 0.29) is 5.91 Å². The second-order valence-electron chi connectivity index (χ2n) is 6.09. The number of para-hydroxylation sites is 1. The maximum absolute atomic E-state index is 12.6. The van der Waals surface area contributed by atoms with Crippen molar-refractivity contribution >= 4 is 44.2 Å². The Morgan fingerprint density at radius 3 is 2.65 bits per heavy atom. The number of rotatable bonds is 3. The van der Waals surface area contributed by atoms with Gasteiger partial charge in [0.2, 0.25) is 0 Å². The Morgan fingerprint density at radius 1 is 1.15 bits per heavy atom. The number of benzene rings is 2. The minimum atomic E-state index is 0.0260. The number of hydrogen-bond acceptors (Lipinski definition) is 5. The number of nitrogens with zero attached hydrogens (tertiary/aromatic N) is 3. The van der Waals surface area contributed by atoms with Crippen molar-refractivity contribution in [3.8, 4) is 5.75 Å². The number of fused-ring (bicyclic) bond motifs is 1. The molecule has 0 unspecified atom stereocenters. The van der Waals surface area contributed by atoms with E-state index < -0.39 is 0 Å². The molecular formula is C19H18ClN3O2S. The predicted molar refractivity (Wildman–Crippen MR) is 106 cm³/mol. The third kappa shape index (κ3) is 3.22. The highest BCUT2D eigenvalue weighted by molar-refractivity contribution is 7.22. The lowest BCUT2D eigenvalue weighted by Gasteiger charge is -2.34. The molecule has 1 fully saturated rings. The van der Waals surface area contributed by atoms with Gasteiger partial charge in [-0.05, 0) is 30.3 Å². The number of ether oxygens (including phenoxy) is 1. The molecule has 4 rings (SSSR count). The number of carbonyl (C=O) groups excluding carboxylic acids is 1. The summed E-state index contributed by atoms with van der Waals surface area (Å²) in [5.74, 6) is 0.817. The monoisotopic (exact) mass is 387 g/mol. The zero-order chi connectivity index (χ0) is 18.1. The Morgan fingerprint density at radius 2 is 1.92 bits per heavy atom. The summed E-state index contributed by atoms with van der Waals surface area (Å²) in [6, 6.07) is 13.1. The molecule has 26 heavy (non-hydrogen) atoms. The van der Waals surface area contributed by atoms with E-state index in [0.717, 1.165) is 34.2 Å². The van der Waals surface area contributed by atoms with Gasteiger partial charge >= 0.3 is 0 Å². The molecule has 0 aliphatic carbocycles. The Kier molecular flexibility index (Phi) is 4.70. The van der Waals surface area contributed by atoms with Gasteiger partial charge in [0.15, 0.2) is 5.13 Å². The van der Waals surface area contributed by atoms with Gasteiger partial charge < -0.3 is 14.5 Å². The molecule has 1 aliphatic rings. The third-order valence-corrected chi connectivity index (χ3v) is 5.82. The Bertz CT molecular complexity index is 951. The summed E-state index contributed by atoms with van der Waals surface area (Å²) >= 11 is 7.65. The molecule has 0 saturated carbocycles. The number of amides is 1. The first kappa shape index (κ1) is 17.1. The molecule has 2 heterocycles. The van der Waals surface area contributed by atoms with Crippen molar-refractivity contribution in [2.24, 2.45) is 0 Å². The Hall–Kier alpha value is -2.31. The number of hydrogen-bond donors (Lipinski definition) is 0. The van der Waals surface area contributed by atoms with Gasteiger partial charge in [0.05, 0.1) is 11.8 Å². The molecule has 5 nitrogen and oxygen atoms in total. The summed E-state index contributed by atoms with van der Waals surface area (Å²) in [6.45, 7) is 2.85. The van der Waals surface area contributed by atoms with Gasteiger partial charge in [0.1, 0.15) is 11.3 Å². The molecule has 1 aromatic heterocycles. The summed E-state index contributed by atoms with van der Waals surface area (Å²) in [4.78, 5) is 21.5. The summed E-state index contributed by atoms with van der Waals surface area (Å²) in [6.07, 6.45) is 0. The van der Waals surface area contributed by atoms with Crippen LogP contribution in [0.5, 0.6) is 5.75 Å². The summed E-state index contributed by atoms with van der Waals surface area (Å²) < 4.78 is 6.51. The number of methoxy groups -OCH3 is 1. The highest BCUT2D eigenvalue weighted by Crippen LogP contribution is 2.34. The summed E-state index contributed by atoms with van der Waals surface area (Å²) in [7, 11) is 1.66. The molecule has 0 spiro atoms. The van der Waals surface area contributed by atoms with Crippen molar-refractivity contribution in [1.82, 2.24) is 9.88 Å². The van der Waals surface area contributed by atoms with Crippen molar-refractivity contribution in [2.75, 3.05) is 38.2 Å². The maximum Gasteiger partial charge on any atom is 0.254 e. The second kappa shape index (κ2) is 7.13. The highest BCUT2D eigenvalue weighted by Gasteiger charge is 2.24. The van der Waals surface area contributed by atoms with E-state index in [4.69, 9.17) is 21.3 Å². The number of piperazine rings is 1. The lowest BCUT2D eigenvalue weighted by molar-refractivity contribution is 0.0747. The van der Waals surface area contributed by atoms with Crippen LogP contribution in [0.1, 0.15) is 10.4 Å². The van der Waals surface area contributed by atoms with Gasteiger partial charge in [-0.15, -0.1) is 0 Å². The first-order valence-corrected chi connectivity index (χ1v) is 9.58. The standard InChI is InChI=1S/C19H18ClN3O2S/c1-25-15-6-3-7-16-17(15)21-19(26-16)23-10-8-22(9-11-23)18(24)13-4-2-5-14(20)12-13/h2-7,12H,8-11H2,1H3. The molecule has 1 amide bonds. The van der Waals surface area contributed by atoms with E-state index >= 15 is 0 Å². The van der Waals surface area contributed by atoms with E-state index in [1.165, 1.54) is 0 Å². The molecule has 1 saturated heterocycles. The molecule has 2 aromatic carbocycles. The molecule has 0 N–H and O–H groups in total. The fourth-order valence-corrected chi connectivity index (χ4v) is 4.34. The molecule has 0 atom stereocenters. The molecule has 0 bridgehead atoms. The molecular weight excluding hydrogens is 370 g/mol. The minimum absolute atomic E-state index is 0.0260. The Balaban J connectivity index is 1.47. The SMILES string of the molecule is COc1cccc2sc(N3CCN(C(=O)c4cccc(Cl)c4)CC3)nc12. The van der Waals surface area contributed by atoms with Gasteiger partial charge in [-0.1, -0.05) is 35.1 Å². The van der Waals surface area contributed by atoms with Crippen molar-refractivity contribution < 1.29 is 9.53 Å². The normalized spacial score (nSPS) is 14.7. The smallest absolute Gasteiger partial charge is 0.254 e. The van der Waals surface area contributed by atoms with Crippen molar-refractivity contribution in [3.63, 3.8) is 0 Å². The van der Waals surface area contributed by atoms with Gasteiger partial charge in [-0.3, -0.25) is 4.79 Å². The fraction of sp³-hybridized carbons (Fsp3) is 0.263. The second-order valence-corrected chi connectivity index (χ2v) is 7.54. The van der Waals surface area contributed by atoms with Gasteiger partial charge in [-0.2, -0.15) is 0 Å². The number of carbonyl (C=O) groups is 1. The number of aromatic nitrogens is 1. The molecule has 3 aromatic rings. The van der Waals surface area contributed by atoms with Crippen LogP contribution in [0.4, 0.5) is 5.13 Å². The summed E-state index contributed by atoms with van der Waals surface area (Å²) in [5, 5.41) is 1.55. The third-order valence-electron chi connectivity index (χ3n) is 4.50. The zero-order valence-corrected chi connectivity index (χ0v) is 15.9. The molecule has 0 radical (unpaired) electrons. The van der Waals surface area contributed by atoms with Crippen LogP contribution in [0.2, 0.25) is 5.02 Å². The van der Waals surface area contributed by atoms with Gasteiger partial charge in [0.25, 0.3) is 5.91 Å². The lowest BCUT2D eigenvalue weighted by Crippen LogP contribution is -2.48. The van der Waals surface area contributed by atoms with Gasteiger partial charge in [-0.25, -0.2) is 4.98 Å². The van der Waals surface area contributed by atoms with Crippen molar-refractivity contribution in [3.05, 3.63) is 53.1 Å². The average molecular weight is 388 g/mol. The number of halogens is 1. The van der Waals surface area contributed by atoms with Crippen molar-refractivity contribution in [2.45, 2.75) is 0 Å². The number of thiazole rings is 1. The molecule has 7 heteroatoms. The Labute approximate surface area is 160 Å². The minimum Gasteiger partial charge on any atom is -0.494 e. The van der Waals surface area contributed by atoms with Crippen LogP contribution in [-0.4, -0.2) is 49.1 Å². The van der Waals surface area contributed by atoms with E-state index in [0.29, 0.717) is 23.7 Å². The lowest BCUT2D eigenvalue weighted by atomic mass is 10.2. The van der Waals surface area contributed by atoms with Crippen molar-refractivity contribution in [1.29, 1.82) is 0 Å². The quantitative estimate of drug-likeness (QED) is 0.683. The van der Waals surface area contributed by atoms with Crippen LogP contribution in [-0.2, 0) is 0 Å². The predicted octanol–water partition coefficient (Wildman–Crippen LogP) is 3.92. The topological polar surface area (TPSA) is 45.7 Å². The largest absolute Gasteiger partial charge is 0.494 e. The van der Waals surface area contributed by atoms with Crippen LogP contribution in [0.3, 0.4) is 0 Å². The van der Waals surface area contributed by atoms with Crippen LogP contribution in [0.25, 0.3) is 10.2 Å². The highest BCUT2D eigenvalue weighted by atomic mass is 35.5. The van der Waals surface area contributed by atoms with Crippen LogP contribution in [0, 0.1) is 0 Å². The van der Waals surface area contributed by atoms with E-state index in [2.05, 4.69) is 11.0 Å². The first-order valence-electron chi connectivity index (χ1n) is 8.39. The summed E-state index contributed by atoms with van der Waals surface area (Å²) in [5.41, 5.74) is 1.53. The van der Waals surface area contributed by atoms with Gasteiger partial charge in [0, 0.05) is 36.8 Å². The van der Waals surface area contributed by atoms with Crippen LogP contribution < -0.4 is 9.64 Å². The average Bonchev–Trinajstić information content (AvgIpc) is 3.12. The van der Waals surface area contributed by atoms with Crippen LogP contribution >= 0.6 is 22.9 Å².